The highest BCUT2D eigenvalue weighted by molar-refractivity contribution is 5.24. The predicted molar refractivity (Wildman–Crippen MR) is 112 cm³/mol. The van der Waals surface area contributed by atoms with Crippen molar-refractivity contribution in [3.05, 3.63) is 47.5 Å². The van der Waals surface area contributed by atoms with Crippen LogP contribution in [0.4, 0.5) is 0 Å². The molecule has 3 rings (SSSR count). The van der Waals surface area contributed by atoms with Crippen LogP contribution in [0.15, 0.2) is 36.4 Å². The van der Waals surface area contributed by atoms with Gasteiger partial charge in [0.1, 0.15) is 0 Å². The van der Waals surface area contributed by atoms with E-state index in [4.69, 9.17) is 0 Å². The maximum absolute atomic E-state index is 2.37. The molecular formula is C25H40. The van der Waals surface area contributed by atoms with Crippen LogP contribution in [0.5, 0.6) is 0 Å². The van der Waals surface area contributed by atoms with Crippen LogP contribution >= 0.6 is 0 Å². The Hall–Kier alpha value is -1.04. The Kier molecular flexibility index (Phi) is 8.79. The van der Waals surface area contributed by atoms with E-state index in [0.717, 1.165) is 23.7 Å². The molecule has 2 aliphatic rings. The van der Waals surface area contributed by atoms with E-state index in [0.29, 0.717) is 0 Å². The highest BCUT2D eigenvalue weighted by atomic mass is 14.4. The summed E-state index contributed by atoms with van der Waals surface area (Å²) in [6, 6.07) is 9.31. The van der Waals surface area contributed by atoms with Crippen LogP contribution in [0, 0.1) is 24.7 Å². The molecule has 0 aromatic heterocycles. The Bertz CT molecular complexity index is 479. The van der Waals surface area contributed by atoms with Gasteiger partial charge < -0.3 is 0 Å². The smallest absolute Gasteiger partial charge is 0.0162 e. The molecule has 25 heavy (non-hydrogen) atoms. The summed E-state index contributed by atoms with van der Waals surface area (Å²) in [6.45, 7) is 8.34. The molecule has 0 nitrogen and oxygen atoms in total. The third-order valence-corrected chi connectivity index (χ3v) is 6.58. The number of aryl methyl sites for hydroxylation is 1. The molecule has 0 spiro atoms. The van der Waals surface area contributed by atoms with Crippen molar-refractivity contribution in [2.75, 3.05) is 0 Å². The lowest BCUT2D eigenvalue weighted by atomic mass is 9.68. The van der Waals surface area contributed by atoms with E-state index in [2.05, 4.69) is 50.3 Å². The van der Waals surface area contributed by atoms with Crippen LogP contribution in [0.25, 0.3) is 0 Å². The Balaban J connectivity index is 0.00000109. The summed E-state index contributed by atoms with van der Waals surface area (Å²) in [7, 11) is 0. The van der Waals surface area contributed by atoms with Gasteiger partial charge in [-0.25, -0.2) is 0 Å². The van der Waals surface area contributed by atoms with Gasteiger partial charge in [0, 0.05) is 0 Å². The molecule has 1 aromatic rings. The molecule has 0 heteroatoms. The van der Waals surface area contributed by atoms with Crippen molar-refractivity contribution in [1.29, 1.82) is 0 Å². The van der Waals surface area contributed by atoms with E-state index in [9.17, 15) is 0 Å². The Morgan fingerprint density at radius 1 is 0.800 bits per heavy atom. The first kappa shape index (κ1) is 20.3. The van der Waals surface area contributed by atoms with Gasteiger partial charge in [-0.1, -0.05) is 55.8 Å². The minimum atomic E-state index is 0.831. The molecule has 140 valence electrons. The lowest BCUT2D eigenvalue weighted by Crippen LogP contribution is -2.25. The van der Waals surface area contributed by atoms with Crippen LogP contribution in [0.3, 0.4) is 0 Å². The van der Waals surface area contributed by atoms with Crippen LogP contribution in [0.2, 0.25) is 0 Å². The zero-order valence-electron chi connectivity index (χ0n) is 17.1. The average molecular weight is 341 g/mol. The van der Waals surface area contributed by atoms with Gasteiger partial charge in [-0.15, -0.1) is 0 Å². The predicted octanol–water partition coefficient (Wildman–Crippen LogP) is 8.07. The normalized spacial score (nSPS) is 29.9. The molecule has 0 amide bonds. The summed E-state index contributed by atoms with van der Waals surface area (Å²) in [5, 5.41) is 0. The van der Waals surface area contributed by atoms with Crippen molar-refractivity contribution < 1.29 is 0 Å². The van der Waals surface area contributed by atoms with Gasteiger partial charge in [0.15, 0.2) is 0 Å². The first-order valence-electron chi connectivity index (χ1n) is 10.9. The van der Waals surface area contributed by atoms with Crippen molar-refractivity contribution in [2.45, 2.75) is 91.4 Å². The number of hydrogen-bond donors (Lipinski definition) is 0. The van der Waals surface area contributed by atoms with E-state index in [1.165, 1.54) is 63.4 Å². The molecule has 0 N–H and O–H groups in total. The first-order chi connectivity index (χ1) is 12.3. The maximum Gasteiger partial charge on any atom is -0.0162 e. The second-order valence-electron chi connectivity index (χ2n) is 8.11. The van der Waals surface area contributed by atoms with Gasteiger partial charge in [-0.3, -0.25) is 0 Å². The minimum absolute atomic E-state index is 0.831. The average Bonchev–Trinajstić information content (AvgIpc) is 2.69. The second-order valence-corrected chi connectivity index (χ2v) is 8.11. The number of hydrogen-bond acceptors (Lipinski definition) is 0. The third kappa shape index (κ3) is 6.01. The van der Waals surface area contributed by atoms with Crippen molar-refractivity contribution in [1.82, 2.24) is 0 Å². The summed E-state index contributed by atoms with van der Waals surface area (Å²) in [6.07, 6.45) is 17.7. The maximum atomic E-state index is 2.37. The standard InChI is InChI=1S/C23H34.C2H6/c1-3-4-5-19-8-12-21(13-9-19)23-16-14-22(15-17-23)20-10-6-18(2)7-11-20;1-2/h3-4,6-7,10-11,19,21-23H,5,8-9,12-17H2,1-2H3;1-2H3/b4-3+;. The summed E-state index contributed by atoms with van der Waals surface area (Å²) in [5.41, 5.74) is 2.97. The lowest BCUT2D eigenvalue weighted by molar-refractivity contribution is 0.160. The monoisotopic (exact) mass is 340 g/mol. The van der Waals surface area contributed by atoms with E-state index in [-0.39, 0.29) is 0 Å². The van der Waals surface area contributed by atoms with E-state index in [1.807, 2.05) is 13.8 Å². The van der Waals surface area contributed by atoms with E-state index < -0.39 is 0 Å². The molecular weight excluding hydrogens is 300 g/mol. The second kappa shape index (κ2) is 10.8. The molecule has 0 bridgehead atoms. The van der Waals surface area contributed by atoms with Crippen LogP contribution in [0.1, 0.15) is 95.6 Å². The molecule has 0 radical (unpaired) electrons. The Morgan fingerprint density at radius 3 is 1.84 bits per heavy atom. The van der Waals surface area contributed by atoms with Gasteiger partial charge in [0.2, 0.25) is 0 Å². The van der Waals surface area contributed by atoms with E-state index >= 15 is 0 Å². The van der Waals surface area contributed by atoms with Gasteiger partial charge in [0.05, 0.1) is 0 Å². The summed E-state index contributed by atoms with van der Waals surface area (Å²) < 4.78 is 0. The molecule has 2 fully saturated rings. The molecule has 0 atom stereocenters. The largest absolute Gasteiger partial charge is 0.0917 e. The van der Waals surface area contributed by atoms with Crippen LogP contribution in [-0.2, 0) is 0 Å². The topological polar surface area (TPSA) is 0 Å². The van der Waals surface area contributed by atoms with Crippen molar-refractivity contribution in [3.8, 4) is 0 Å². The van der Waals surface area contributed by atoms with Gasteiger partial charge in [-0.2, -0.15) is 0 Å². The SMILES string of the molecule is C/C=C/CC1CCC(C2CCC(c3ccc(C)cc3)CC2)CC1.CC. The number of allylic oxidation sites excluding steroid dienone is 2. The van der Waals surface area contributed by atoms with Crippen molar-refractivity contribution in [3.63, 3.8) is 0 Å². The molecule has 0 aliphatic heterocycles. The van der Waals surface area contributed by atoms with Gasteiger partial charge in [-0.05, 0) is 101 Å². The third-order valence-electron chi connectivity index (χ3n) is 6.58. The summed E-state index contributed by atoms with van der Waals surface area (Å²) in [5.74, 6) is 3.87. The summed E-state index contributed by atoms with van der Waals surface area (Å²) >= 11 is 0. The highest BCUT2D eigenvalue weighted by Crippen LogP contribution is 2.44. The fourth-order valence-electron chi connectivity index (χ4n) is 4.99. The fourth-order valence-corrected chi connectivity index (χ4v) is 4.99. The van der Waals surface area contributed by atoms with Crippen LogP contribution < -0.4 is 0 Å². The fraction of sp³-hybridized carbons (Fsp3) is 0.680. The molecule has 2 saturated carbocycles. The van der Waals surface area contributed by atoms with Crippen molar-refractivity contribution >= 4 is 0 Å². The lowest BCUT2D eigenvalue weighted by Gasteiger charge is -2.38. The van der Waals surface area contributed by atoms with E-state index in [1.54, 1.807) is 5.56 Å². The molecule has 1 aromatic carbocycles. The Morgan fingerprint density at radius 2 is 1.32 bits per heavy atom. The summed E-state index contributed by atoms with van der Waals surface area (Å²) in [4.78, 5) is 0. The zero-order valence-corrected chi connectivity index (χ0v) is 17.1. The molecule has 2 aliphatic carbocycles. The number of benzene rings is 1. The molecule has 0 heterocycles. The highest BCUT2D eigenvalue weighted by Gasteiger charge is 2.30. The zero-order chi connectivity index (χ0) is 18.1. The number of rotatable bonds is 4. The van der Waals surface area contributed by atoms with Gasteiger partial charge >= 0.3 is 0 Å². The van der Waals surface area contributed by atoms with Gasteiger partial charge in [0.25, 0.3) is 0 Å². The quantitative estimate of drug-likeness (QED) is 0.486. The first-order valence-corrected chi connectivity index (χ1v) is 10.9. The Labute approximate surface area is 157 Å². The van der Waals surface area contributed by atoms with Crippen LogP contribution in [-0.4, -0.2) is 0 Å². The molecule has 0 saturated heterocycles. The van der Waals surface area contributed by atoms with Crippen molar-refractivity contribution in [2.24, 2.45) is 17.8 Å². The molecule has 0 unspecified atom stereocenters. The minimum Gasteiger partial charge on any atom is -0.0917 e.